The predicted octanol–water partition coefficient (Wildman–Crippen LogP) is 2.76. The quantitative estimate of drug-likeness (QED) is 0.520. The Balaban J connectivity index is 1.62. The number of aromatic nitrogens is 5. The summed E-state index contributed by atoms with van der Waals surface area (Å²) in [4.78, 5) is 18.5. The summed E-state index contributed by atoms with van der Waals surface area (Å²) in [5.74, 6) is 1.43. The van der Waals surface area contributed by atoms with E-state index in [1.54, 1.807) is 11.8 Å². The smallest absolute Gasteiger partial charge is 0.253 e. The molecule has 0 amide bonds. The van der Waals surface area contributed by atoms with Gasteiger partial charge in [-0.3, -0.25) is 9.69 Å². The van der Waals surface area contributed by atoms with E-state index in [9.17, 15) is 4.79 Å². The number of likely N-dealkylation sites (tertiary alicyclic amines) is 1. The first-order chi connectivity index (χ1) is 15.2. The average molecular weight is 416 g/mol. The maximum atomic E-state index is 13.2. The minimum atomic E-state index is -0.319. The van der Waals surface area contributed by atoms with Gasteiger partial charge >= 0.3 is 0 Å². The van der Waals surface area contributed by atoms with Crippen LogP contribution < -0.4 is 10.3 Å². The summed E-state index contributed by atoms with van der Waals surface area (Å²) in [6.07, 6.45) is 2.19. The number of nitrogens with zero attached hydrogens (tertiary/aromatic N) is 5. The monoisotopic (exact) mass is 416 g/mol. The second-order valence-electron chi connectivity index (χ2n) is 7.83. The van der Waals surface area contributed by atoms with Gasteiger partial charge in [-0.1, -0.05) is 30.3 Å². The number of ether oxygens (including phenoxy) is 1. The lowest BCUT2D eigenvalue weighted by atomic mass is 10.0. The second kappa shape index (κ2) is 8.31. The van der Waals surface area contributed by atoms with Gasteiger partial charge in [-0.05, 0) is 66.2 Å². The number of nitrogens with one attached hydrogen (secondary N) is 1. The first-order valence-electron chi connectivity index (χ1n) is 10.5. The lowest BCUT2D eigenvalue weighted by molar-refractivity contribution is 0.263. The van der Waals surface area contributed by atoms with E-state index in [2.05, 4.69) is 25.4 Å². The van der Waals surface area contributed by atoms with Crippen molar-refractivity contribution in [2.75, 3.05) is 20.2 Å². The Morgan fingerprint density at radius 2 is 1.90 bits per heavy atom. The topological polar surface area (TPSA) is 88.9 Å². The van der Waals surface area contributed by atoms with Crippen LogP contribution in [-0.2, 0) is 6.54 Å². The molecule has 0 spiro atoms. The molecule has 8 nitrogen and oxygen atoms in total. The first-order valence-corrected chi connectivity index (χ1v) is 10.5. The Hall–Kier alpha value is -3.52. The van der Waals surface area contributed by atoms with E-state index in [0.29, 0.717) is 17.9 Å². The molecule has 0 saturated carbocycles. The van der Waals surface area contributed by atoms with Crippen molar-refractivity contribution in [2.24, 2.45) is 0 Å². The molecule has 4 aromatic rings. The molecule has 0 aliphatic carbocycles. The number of pyridine rings is 1. The molecule has 0 radical (unpaired) electrons. The molecule has 1 aliphatic rings. The van der Waals surface area contributed by atoms with Gasteiger partial charge in [-0.2, -0.15) is 0 Å². The van der Waals surface area contributed by atoms with Crippen LogP contribution in [0.1, 0.15) is 35.8 Å². The maximum Gasteiger partial charge on any atom is 0.253 e. The molecule has 3 heterocycles. The van der Waals surface area contributed by atoms with E-state index < -0.39 is 0 Å². The largest absolute Gasteiger partial charge is 0.497 e. The minimum Gasteiger partial charge on any atom is -0.497 e. The van der Waals surface area contributed by atoms with Crippen molar-refractivity contribution in [3.8, 4) is 5.75 Å². The third-order valence-corrected chi connectivity index (χ3v) is 5.86. The molecule has 31 heavy (non-hydrogen) atoms. The molecular weight excluding hydrogens is 392 g/mol. The molecule has 8 heteroatoms. The van der Waals surface area contributed by atoms with Gasteiger partial charge in [0.05, 0.1) is 13.7 Å². The lowest BCUT2D eigenvalue weighted by Crippen LogP contribution is -2.33. The summed E-state index contributed by atoms with van der Waals surface area (Å²) in [6.45, 7) is 2.35. The normalized spacial score (nSPS) is 15.4. The number of hydrogen-bond acceptors (Lipinski definition) is 6. The first kappa shape index (κ1) is 19.4. The van der Waals surface area contributed by atoms with E-state index in [1.807, 2.05) is 54.6 Å². The summed E-state index contributed by atoms with van der Waals surface area (Å²) in [5.41, 5.74) is 2.41. The Morgan fingerprint density at radius 1 is 1.10 bits per heavy atom. The van der Waals surface area contributed by atoms with Crippen LogP contribution in [-0.4, -0.2) is 50.3 Å². The van der Waals surface area contributed by atoms with Gasteiger partial charge in [0.2, 0.25) is 0 Å². The average Bonchev–Trinajstić information content (AvgIpc) is 3.48. The minimum absolute atomic E-state index is 0.121. The molecule has 5 rings (SSSR count). The molecule has 1 N–H and O–H groups in total. The molecule has 1 fully saturated rings. The number of fused-ring (bicyclic) bond motifs is 1. The van der Waals surface area contributed by atoms with Crippen molar-refractivity contribution >= 4 is 10.9 Å². The fraction of sp³-hybridized carbons (Fsp3) is 0.304. The Kier molecular flexibility index (Phi) is 5.21. The Bertz CT molecular complexity index is 1240. The molecular formula is C23H24N6O2. The number of H-pyrrole nitrogens is 1. The van der Waals surface area contributed by atoms with Crippen molar-refractivity contribution in [2.45, 2.75) is 25.4 Å². The van der Waals surface area contributed by atoms with E-state index in [0.717, 1.165) is 48.1 Å². The fourth-order valence-corrected chi connectivity index (χ4v) is 4.31. The van der Waals surface area contributed by atoms with Crippen molar-refractivity contribution in [3.05, 3.63) is 81.9 Å². The summed E-state index contributed by atoms with van der Waals surface area (Å²) in [5, 5.41) is 13.5. The summed E-state index contributed by atoms with van der Waals surface area (Å²) in [7, 11) is 1.64. The van der Waals surface area contributed by atoms with Gasteiger partial charge in [0.1, 0.15) is 11.8 Å². The van der Waals surface area contributed by atoms with Gasteiger partial charge in [0.25, 0.3) is 5.56 Å². The maximum absolute atomic E-state index is 13.2. The van der Waals surface area contributed by atoms with Crippen LogP contribution >= 0.6 is 0 Å². The van der Waals surface area contributed by atoms with Crippen molar-refractivity contribution in [1.29, 1.82) is 0 Å². The standard InChI is InChI=1S/C23H24N6O2/c1-31-18-9-10-20-17(13-18)14-19(23(30)24-20)21(28-11-5-6-12-28)22-25-26-27-29(22)15-16-7-3-2-4-8-16/h2-4,7-10,13-14,21H,5-6,11-12,15H2,1H3,(H,24,30)/t21-/m0/s1. The fourth-order valence-electron chi connectivity index (χ4n) is 4.31. The van der Waals surface area contributed by atoms with Crippen molar-refractivity contribution in [1.82, 2.24) is 30.1 Å². The van der Waals surface area contributed by atoms with Gasteiger partial charge in [-0.15, -0.1) is 5.10 Å². The summed E-state index contributed by atoms with van der Waals surface area (Å²) in [6, 6.07) is 17.3. The van der Waals surface area contributed by atoms with Gasteiger partial charge in [0.15, 0.2) is 5.82 Å². The van der Waals surface area contributed by atoms with Crippen LogP contribution in [0, 0.1) is 0 Å². The van der Waals surface area contributed by atoms with Crippen LogP contribution in [0.25, 0.3) is 10.9 Å². The van der Waals surface area contributed by atoms with Gasteiger partial charge in [-0.25, -0.2) is 4.68 Å². The highest BCUT2D eigenvalue weighted by Gasteiger charge is 2.32. The van der Waals surface area contributed by atoms with Gasteiger partial charge in [0, 0.05) is 16.5 Å². The molecule has 2 aromatic heterocycles. The predicted molar refractivity (Wildman–Crippen MR) is 117 cm³/mol. The highest BCUT2D eigenvalue weighted by Crippen LogP contribution is 2.30. The van der Waals surface area contributed by atoms with E-state index in [-0.39, 0.29) is 11.6 Å². The molecule has 1 aliphatic heterocycles. The van der Waals surface area contributed by atoms with Crippen molar-refractivity contribution < 1.29 is 4.74 Å². The summed E-state index contributed by atoms with van der Waals surface area (Å²) >= 11 is 0. The molecule has 0 unspecified atom stereocenters. The lowest BCUT2D eigenvalue weighted by Gasteiger charge is -2.26. The third kappa shape index (κ3) is 3.82. The Morgan fingerprint density at radius 3 is 2.68 bits per heavy atom. The van der Waals surface area contributed by atoms with E-state index >= 15 is 0 Å². The van der Waals surface area contributed by atoms with E-state index in [4.69, 9.17) is 4.74 Å². The van der Waals surface area contributed by atoms with Crippen LogP contribution in [0.15, 0.2) is 59.4 Å². The van der Waals surface area contributed by atoms with Crippen LogP contribution in [0.4, 0.5) is 0 Å². The Labute approximate surface area is 179 Å². The van der Waals surface area contributed by atoms with Crippen molar-refractivity contribution in [3.63, 3.8) is 0 Å². The second-order valence-corrected chi connectivity index (χ2v) is 7.83. The zero-order valence-electron chi connectivity index (χ0n) is 17.4. The highest BCUT2D eigenvalue weighted by molar-refractivity contribution is 5.80. The number of tetrazole rings is 1. The van der Waals surface area contributed by atoms with Crippen LogP contribution in [0.2, 0.25) is 0 Å². The molecule has 1 atom stereocenters. The zero-order valence-corrected chi connectivity index (χ0v) is 17.4. The van der Waals surface area contributed by atoms with Crippen LogP contribution in [0.3, 0.4) is 0 Å². The molecule has 2 aromatic carbocycles. The number of methoxy groups -OCH3 is 1. The number of hydrogen-bond donors (Lipinski definition) is 1. The molecule has 0 bridgehead atoms. The number of aromatic amines is 1. The summed E-state index contributed by atoms with van der Waals surface area (Å²) < 4.78 is 7.17. The van der Waals surface area contributed by atoms with Crippen LogP contribution in [0.5, 0.6) is 5.75 Å². The number of benzene rings is 2. The zero-order chi connectivity index (χ0) is 21.2. The molecule has 1 saturated heterocycles. The molecule has 158 valence electrons. The SMILES string of the molecule is COc1ccc2[nH]c(=O)c([C@@H](c3nnnn3Cc3ccccc3)N3CCCC3)cc2c1. The highest BCUT2D eigenvalue weighted by atomic mass is 16.5. The third-order valence-electron chi connectivity index (χ3n) is 5.86. The van der Waals surface area contributed by atoms with E-state index in [1.165, 1.54) is 0 Å². The van der Waals surface area contributed by atoms with Gasteiger partial charge < -0.3 is 9.72 Å². The number of rotatable bonds is 6.